The van der Waals surface area contributed by atoms with E-state index in [9.17, 15) is 4.79 Å². The summed E-state index contributed by atoms with van der Waals surface area (Å²) in [6.45, 7) is 5.02. The third-order valence-corrected chi connectivity index (χ3v) is 1.33. The fourth-order valence-corrected chi connectivity index (χ4v) is 0.943. The van der Waals surface area contributed by atoms with Gasteiger partial charge in [-0.1, -0.05) is 37.0 Å². The van der Waals surface area contributed by atoms with Crippen LogP contribution in [0.1, 0.15) is 20.8 Å². The molecule has 0 aliphatic heterocycles. The van der Waals surface area contributed by atoms with Crippen molar-refractivity contribution in [2.24, 2.45) is 5.92 Å². The first-order valence-corrected chi connectivity index (χ1v) is 3.53. The van der Waals surface area contributed by atoms with E-state index in [4.69, 9.17) is 23.2 Å². The molecule has 0 fully saturated rings. The Labute approximate surface area is 65.3 Å². The predicted octanol–water partition coefficient (Wildman–Crippen LogP) is 2.41. The molecule has 0 aromatic heterocycles. The van der Waals surface area contributed by atoms with Crippen molar-refractivity contribution < 1.29 is 4.79 Å². The fourth-order valence-electron chi connectivity index (χ4n) is 0.507. The first kappa shape index (κ1) is 9.25. The molecular formula is C6H10Cl2O. The average Bonchev–Trinajstić information content (AvgIpc) is 1.62. The minimum Gasteiger partial charge on any atom is -0.296 e. The summed E-state index contributed by atoms with van der Waals surface area (Å²) in [6.07, 6.45) is 0. The average molecular weight is 169 g/mol. The molecule has 0 bridgehead atoms. The standard InChI is InChI=1S/C6H10Cl2O/c1-4(2)5(9)6(3,7)8/h4H,1-3H3. The molecule has 0 radical (unpaired) electrons. The van der Waals surface area contributed by atoms with Gasteiger partial charge in [0.2, 0.25) is 0 Å². The van der Waals surface area contributed by atoms with Gasteiger partial charge in [0.15, 0.2) is 10.1 Å². The van der Waals surface area contributed by atoms with E-state index in [1.165, 1.54) is 6.92 Å². The monoisotopic (exact) mass is 168 g/mol. The first-order chi connectivity index (χ1) is 3.85. The topological polar surface area (TPSA) is 17.1 Å². The number of Topliss-reactive ketones (excluding diaryl/α,β-unsaturated/α-hetero) is 1. The summed E-state index contributed by atoms with van der Waals surface area (Å²) in [5, 5.41) is 0. The minimum atomic E-state index is -1.21. The Bertz CT molecular complexity index is 113. The van der Waals surface area contributed by atoms with Gasteiger partial charge < -0.3 is 0 Å². The fraction of sp³-hybridized carbons (Fsp3) is 0.833. The van der Waals surface area contributed by atoms with E-state index < -0.39 is 4.33 Å². The van der Waals surface area contributed by atoms with Crippen LogP contribution >= 0.6 is 23.2 Å². The van der Waals surface area contributed by atoms with Crippen LogP contribution < -0.4 is 0 Å². The molecule has 0 atom stereocenters. The number of hydrogen-bond donors (Lipinski definition) is 0. The second kappa shape index (κ2) is 2.89. The molecule has 0 N–H and O–H groups in total. The van der Waals surface area contributed by atoms with E-state index >= 15 is 0 Å². The number of alkyl halides is 2. The Morgan fingerprint density at radius 1 is 1.44 bits per heavy atom. The van der Waals surface area contributed by atoms with Crippen LogP contribution in [-0.4, -0.2) is 10.1 Å². The molecule has 0 aliphatic carbocycles. The summed E-state index contributed by atoms with van der Waals surface area (Å²) in [7, 11) is 0. The summed E-state index contributed by atoms with van der Waals surface area (Å²) in [5.41, 5.74) is 0. The largest absolute Gasteiger partial charge is 0.296 e. The lowest BCUT2D eigenvalue weighted by Gasteiger charge is -2.13. The highest BCUT2D eigenvalue weighted by Gasteiger charge is 2.28. The lowest BCUT2D eigenvalue weighted by atomic mass is 10.1. The summed E-state index contributed by atoms with van der Waals surface area (Å²) in [4.78, 5) is 10.9. The molecular weight excluding hydrogens is 159 g/mol. The number of hydrogen-bond acceptors (Lipinski definition) is 1. The van der Waals surface area contributed by atoms with Crippen LogP contribution in [-0.2, 0) is 4.79 Å². The van der Waals surface area contributed by atoms with Gasteiger partial charge in [0.25, 0.3) is 0 Å². The van der Waals surface area contributed by atoms with Crippen molar-refractivity contribution in [1.29, 1.82) is 0 Å². The number of carbonyl (C=O) groups excluding carboxylic acids is 1. The molecule has 0 amide bonds. The van der Waals surface area contributed by atoms with Crippen LogP contribution in [0.15, 0.2) is 0 Å². The van der Waals surface area contributed by atoms with Gasteiger partial charge in [0, 0.05) is 5.92 Å². The van der Waals surface area contributed by atoms with Gasteiger partial charge in [-0.3, -0.25) is 4.79 Å². The highest BCUT2D eigenvalue weighted by Crippen LogP contribution is 2.24. The van der Waals surface area contributed by atoms with Gasteiger partial charge in [-0.15, -0.1) is 0 Å². The number of halogens is 2. The van der Waals surface area contributed by atoms with Crippen LogP contribution in [0.25, 0.3) is 0 Å². The van der Waals surface area contributed by atoms with Gasteiger partial charge in [-0.25, -0.2) is 0 Å². The molecule has 0 saturated heterocycles. The van der Waals surface area contributed by atoms with Crippen molar-refractivity contribution in [1.82, 2.24) is 0 Å². The molecule has 0 heterocycles. The Hall–Kier alpha value is 0.250. The Morgan fingerprint density at radius 2 is 1.78 bits per heavy atom. The van der Waals surface area contributed by atoms with Crippen molar-refractivity contribution in [3.8, 4) is 0 Å². The Balaban J connectivity index is 4.06. The smallest absolute Gasteiger partial charge is 0.173 e. The maximum Gasteiger partial charge on any atom is 0.173 e. The Morgan fingerprint density at radius 3 is 1.78 bits per heavy atom. The molecule has 3 heteroatoms. The van der Waals surface area contributed by atoms with Crippen LogP contribution in [0.3, 0.4) is 0 Å². The van der Waals surface area contributed by atoms with Crippen molar-refractivity contribution >= 4 is 29.0 Å². The van der Waals surface area contributed by atoms with Crippen LogP contribution in [0.4, 0.5) is 0 Å². The second-order valence-electron chi connectivity index (χ2n) is 2.41. The van der Waals surface area contributed by atoms with E-state index in [0.29, 0.717) is 0 Å². The molecule has 0 aromatic carbocycles. The van der Waals surface area contributed by atoms with Gasteiger partial charge >= 0.3 is 0 Å². The highest BCUT2D eigenvalue weighted by molar-refractivity contribution is 6.58. The van der Waals surface area contributed by atoms with Gasteiger partial charge in [-0.2, -0.15) is 0 Å². The van der Waals surface area contributed by atoms with E-state index in [2.05, 4.69) is 0 Å². The molecule has 0 aliphatic rings. The van der Waals surface area contributed by atoms with Gasteiger partial charge in [0.05, 0.1) is 0 Å². The first-order valence-electron chi connectivity index (χ1n) is 2.78. The number of rotatable bonds is 2. The van der Waals surface area contributed by atoms with E-state index in [1.807, 2.05) is 0 Å². The summed E-state index contributed by atoms with van der Waals surface area (Å²) < 4.78 is -1.21. The summed E-state index contributed by atoms with van der Waals surface area (Å²) in [5.74, 6) is -0.226. The van der Waals surface area contributed by atoms with E-state index in [-0.39, 0.29) is 11.7 Å². The SMILES string of the molecule is CC(C)C(=O)C(C)(Cl)Cl. The summed E-state index contributed by atoms with van der Waals surface area (Å²) >= 11 is 11.0. The Kier molecular flexibility index (Phi) is 2.97. The lowest BCUT2D eigenvalue weighted by molar-refractivity contribution is -0.122. The zero-order valence-electron chi connectivity index (χ0n) is 5.74. The number of carbonyl (C=O) groups is 1. The summed E-state index contributed by atoms with van der Waals surface area (Å²) in [6, 6.07) is 0. The molecule has 0 saturated carbocycles. The van der Waals surface area contributed by atoms with Gasteiger partial charge in [-0.05, 0) is 6.92 Å². The molecule has 0 aromatic rings. The minimum absolute atomic E-state index is 0.0926. The predicted molar refractivity (Wildman–Crippen MR) is 40.0 cm³/mol. The van der Waals surface area contributed by atoms with Crippen LogP contribution in [0, 0.1) is 5.92 Å². The molecule has 0 rings (SSSR count). The molecule has 9 heavy (non-hydrogen) atoms. The highest BCUT2D eigenvalue weighted by atomic mass is 35.5. The molecule has 0 spiro atoms. The maximum absolute atomic E-state index is 10.9. The maximum atomic E-state index is 10.9. The van der Waals surface area contributed by atoms with Crippen molar-refractivity contribution in [3.63, 3.8) is 0 Å². The van der Waals surface area contributed by atoms with Crippen LogP contribution in [0.5, 0.6) is 0 Å². The van der Waals surface area contributed by atoms with E-state index in [1.54, 1.807) is 13.8 Å². The number of ketones is 1. The third-order valence-electron chi connectivity index (χ3n) is 0.957. The zero-order chi connectivity index (χ0) is 7.65. The lowest BCUT2D eigenvalue weighted by Crippen LogP contribution is -2.26. The quantitative estimate of drug-likeness (QED) is 0.580. The normalized spacial score (nSPS) is 12.2. The third kappa shape index (κ3) is 3.07. The zero-order valence-corrected chi connectivity index (χ0v) is 7.25. The van der Waals surface area contributed by atoms with Crippen molar-refractivity contribution in [2.75, 3.05) is 0 Å². The molecule has 0 unspecified atom stereocenters. The van der Waals surface area contributed by atoms with Crippen molar-refractivity contribution in [3.05, 3.63) is 0 Å². The molecule has 1 nitrogen and oxygen atoms in total. The molecule has 54 valence electrons. The van der Waals surface area contributed by atoms with Crippen molar-refractivity contribution in [2.45, 2.75) is 25.1 Å². The second-order valence-corrected chi connectivity index (χ2v) is 4.11. The van der Waals surface area contributed by atoms with E-state index in [0.717, 1.165) is 0 Å². The van der Waals surface area contributed by atoms with Crippen LogP contribution in [0.2, 0.25) is 0 Å². The van der Waals surface area contributed by atoms with Gasteiger partial charge in [0.1, 0.15) is 0 Å².